The van der Waals surface area contributed by atoms with Crippen molar-refractivity contribution in [1.29, 1.82) is 0 Å². The lowest BCUT2D eigenvalue weighted by Crippen LogP contribution is -2.45. The van der Waals surface area contributed by atoms with Gasteiger partial charge in [-0.1, -0.05) is 42.4 Å². The first kappa shape index (κ1) is 25.5. The Morgan fingerprint density at radius 3 is 2.60 bits per heavy atom. The molecule has 1 aromatic carbocycles. The second-order valence-corrected chi connectivity index (χ2v) is 10.5. The smallest absolute Gasteiger partial charge is 0.338 e. The number of thioether (sulfide) groups is 1. The number of likely N-dealkylation sites (tertiary alicyclic amines) is 1. The maximum Gasteiger partial charge on any atom is 0.338 e. The summed E-state index contributed by atoms with van der Waals surface area (Å²) in [5.41, 5.74) is 5.41. The molecule has 35 heavy (non-hydrogen) atoms. The third kappa shape index (κ3) is 5.05. The van der Waals surface area contributed by atoms with E-state index in [0.29, 0.717) is 12.0 Å². The average Bonchev–Trinajstić information content (AvgIpc) is 3.26. The van der Waals surface area contributed by atoms with Gasteiger partial charge < -0.3 is 19.4 Å². The van der Waals surface area contributed by atoms with E-state index >= 15 is 0 Å². The minimum absolute atomic E-state index is 0.0947. The molecule has 0 bridgehead atoms. The second kappa shape index (κ2) is 10.6. The number of carbonyl (C=O) groups excluding carboxylic acids is 2. The number of rotatable bonds is 6. The molecule has 0 N–H and O–H groups in total. The van der Waals surface area contributed by atoms with Gasteiger partial charge in [0, 0.05) is 18.8 Å². The topological polar surface area (TPSA) is 65.5 Å². The zero-order valence-electron chi connectivity index (χ0n) is 21.6. The fraction of sp³-hybridized carbons (Fsp3) is 0.519. The highest BCUT2D eigenvalue weighted by Crippen LogP contribution is 2.46. The molecule has 1 aromatic rings. The Morgan fingerprint density at radius 2 is 1.94 bits per heavy atom. The predicted molar refractivity (Wildman–Crippen MR) is 141 cm³/mol. The molecule has 1 atom stereocenters. The van der Waals surface area contributed by atoms with E-state index in [0.717, 1.165) is 59.2 Å². The van der Waals surface area contributed by atoms with Crippen molar-refractivity contribution in [2.24, 2.45) is 4.99 Å². The zero-order chi connectivity index (χ0) is 25.3. The summed E-state index contributed by atoms with van der Waals surface area (Å²) < 4.78 is 5.24. The van der Waals surface area contributed by atoms with Crippen molar-refractivity contribution in [2.45, 2.75) is 58.5 Å². The summed E-state index contributed by atoms with van der Waals surface area (Å²) in [5.74, 6) is -0.279. The largest absolute Gasteiger partial charge is 0.466 e. The van der Waals surface area contributed by atoms with Crippen LogP contribution >= 0.6 is 11.8 Å². The van der Waals surface area contributed by atoms with E-state index in [4.69, 9.17) is 9.73 Å². The molecule has 4 rings (SSSR count). The van der Waals surface area contributed by atoms with Crippen LogP contribution in [0.2, 0.25) is 0 Å². The summed E-state index contributed by atoms with van der Waals surface area (Å²) in [6.45, 7) is 8.13. The van der Waals surface area contributed by atoms with E-state index in [-0.39, 0.29) is 30.4 Å². The van der Waals surface area contributed by atoms with Gasteiger partial charge in [0.05, 0.1) is 30.8 Å². The molecule has 0 saturated carbocycles. The normalized spacial score (nSPS) is 21.0. The Kier molecular flexibility index (Phi) is 7.71. The highest BCUT2D eigenvalue weighted by Gasteiger charge is 2.42. The maximum atomic E-state index is 13.4. The number of aryl methyl sites for hydroxylation is 2. The van der Waals surface area contributed by atoms with Crippen LogP contribution in [-0.4, -0.2) is 72.1 Å². The van der Waals surface area contributed by atoms with Crippen LogP contribution in [-0.2, 0) is 14.3 Å². The number of hydrogen-bond acceptors (Lipinski definition) is 7. The van der Waals surface area contributed by atoms with E-state index in [1.807, 2.05) is 24.3 Å². The van der Waals surface area contributed by atoms with Crippen molar-refractivity contribution in [2.75, 3.05) is 34.3 Å². The molecule has 3 heterocycles. The van der Waals surface area contributed by atoms with Gasteiger partial charge in [-0.05, 0) is 69.8 Å². The molecule has 0 aliphatic carbocycles. The van der Waals surface area contributed by atoms with Crippen molar-refractivity contribution in [3.63, 3.8) is 0 Å². The molecular weight excluding hydrogens is 460 g/mol. The lowest BCUT2D eigenvalue weighted by Gasteiger charge is -2.38. The molecule has 3 aliphatic heterocycles. The molecule has 0 aromatic heterocycles. The summed E-state index contributed by atoms with van der Waals surface area (Å²) in [4.78, 5) is 37.6. The molecule has 0 radical (unpaired) electrons. The van der Waals surface area contributed by atoms with Crippen LogP contribution < -0.4 is 0 Å². The Hall–Kier alpha value is -2.58. The first-order valence-corrected chi connectivity index (χ1v) is 13.2. The molecule has 1 amide bonds. The van der Waals surface area contributed by atoms with Crippen LogP contribution in [0.3, 0.4) is 0 Å². The van der Waals surface area contributed by atoms with Crippen molar-refractivity contribution in [1.82, 2.24) is 14.7 Å². The number of fused-ring (bicyclic) bond motifs is 1. The molecule has 3 aliphatic rings. The van der Waals surface area contributed by atoms with Crippen LogP contribution in [0.4, 0.5) is 0 Å². The summed E-state index contributed by atoms with van der Waals surface area (Å²) in [6.07, 6.45) is 2.87. The highest BCUT2D eigenvalue weighted by molar-refractivity contribution is 8.16. The number of nitrogens with zero attached hydrogens (tertiary/aromatic N) is 4. The van der Waals surface area contributed by atoms with Gasteiger partial charge in [0.15, 0.2) is 5.17 Å². The summed E-state index contributed by atoms with van der Waals surface area (Å²) in [7, 11) is 5.46. The molecule has 0 spiro atoms. The standard InChI is InChI=1S/C27H36N4O3S/c1-7-22-24(26(33)34-6)25(21-14-17(2)8-9-18(21)3)31-20(16-35-27(31)28-22)15-23(32)30(5)19-10-12-29(4)13-11-19/h8-9,14,16,19,25H,7,10-13,15H2,1-6H3/t25-/m0/s1. The quantitative estimate of drug-likeness (QED) is 0.545. The van der Waals surface area contributed by atoms with Crippen LogP contribution in [0.25, 0.3) is 0 Å². The molecule has 8 heteroatoms. The molecule has 1 fully saturated rings. The third-order valence-electron chi connectivity index (χ3n) is 7.32. The number of hydrogen-bond donors (Lipinski definition) is 0. The van der Waals surface area contributed by atoms with Crippen LogP contribution in [0.15, 0.2) is 45.6 Å². The minimum Gasteiger partial charge on any atom is -0.466 e. The summed E-state index contributed by atoms with van der Waals surface area (Å²) >= 11 is 1.52. The molecule has 1 saturated heterocycles. The summed E-state index contributed by atoms with van der Waals surface area (Å²) in [6, 6.07) is 6.17. The lowest BCUT2D eigenvalue weighted by molar-refractivity contribution is -0.136. The van der Waals surface area contributed by atoms with E-state index in [9.17, 15) is 9.59 Å². The average molecular weight is 497 g/mol. The van der Waals surface area contributed by atoms with Crippen molar-refractivity contribution in [3.05, 3.63) is 57.3 Å². The Labute approximate surface area is 212 Å². The monoisotopic (exact) mass is 496 g/mol. The van der Waals surface area contributed by atoms with Crippen molar-refractivity contribution < 1.29 is 14.3 Å². The predicted octanol–water partition coefficient (Wildman–Crippen LogP) is 4.38. The van der Waals surface area contributed by atoms with Gasteiger partial charge in [0.1, 0.15) is 0 Å². The van der Waals surface area contributed by atoms with Gasteiger partial charge >= 0.3 is 5.97 Å². The number of methoxy groups -OCH3 is 1. The first-order chi connectivity index (χ1) is 16.7. The number of esters is 1. The van der Waals surface area contributed by atoms with Crippen LogP contribution in [0.1, 0.15) is 55.3 Å². The molecule has 0 unspecified atom stereocenters. The first-order valence-electron chi connectivity index (χ1n) is 12.3. The zero-order valence-corrected chi connectivity index (χ0v) is 22.4. The number of amides is 1. The van der Waals surface area contributed by atoms with Crippen LogP contribution in [0.5, 0.6) is 0 Å². The number of ether oxygens (including phenoxy) is 1. The molecule has 7 nitrogen and oxygen atoms in total. The van der Waals surface area contributed by atoms with Crippen molar-refractivity contribution >= 4 is 28.8 Å². The van der Waals surface area contributed by atoms with Gasteiger partial charge in [0.2, 0.25) is 5.91 Å². The number of aliphatic imine (C=N–C) groups is 1. The number of amidine groups is 1. The van der Waals surface area contributed by atoms with Gasteiger partial charge in [-0.15, -0.1) is 0 Å². The maximum absolute atomic E-state index is 13.4. The fourth-order valence-corrected chi connectivity index (χ4v) is 6.06. The Bertz CT molecular complexity index is 1100. The van der Waals surface area contributed by atoms with Crippen LogP contribution in [0, 0.1) is 13.8 Å². The fourth-order valence-electron chi connectivity index (χ4n) is 5.13. The van der Waals surface area contributed by atoms with Gasteiger partial charge in [-0.2, -0.15) is 0 Å². The van der Waals surface area contributed by atoms with Gasteiger partial charge in [0.25, 0.3) is 0 Å². The number of benzene rings is 1. The molecule has 188 valence electrons. The van der Waals surface area contributed by atoms with Gasteiger partial charge in [-0.25, -0.2) is 9.79 Å². The Balaban J connectivity index is 1.69. The van der Waals surface area contributed by atoms with E-state index < -0.39 is 0 Å². The SMILES string of the molecule is CCC1=C(C(=O)OC)[C@H](c2cc(C)ccc2C)N2C(CC(=O)N(C)C3CCN(C)CC3)=CSC2=N1. The van der Waals surface area contributed by atoms with E-state index in [1.54, 1.807) is 0 Å². The van der Waals surface area contributed by atoms with E-state index in [2.05, 4.69) is 48.9 Å². The lowest BCUT2D eigenvalue weighted by atomic mass is 9.89. The highest BCUT2D eigenvalue weighted by atomic mass is 32.2. The third-order valence-corrected chi connectivity index (χ3v) is 8.21. The minimum atomic E-state index is -0.382. The van der Waals surface area contributed by atoms with Crippen molar-refractivity contribution in [3.8, 4) is 0 Å². The number of piperidine rings is 1. The number of allylic oxidation sites excluding steroid dienone is 1. The molecular formula is C27H36N4O3S. The summed E-state index contributed by atoms with van der Waals surface area (Å²) in [5, 5.41) is 2.83. The van der Waals surface area contributed by atoms with E-state index in [1.165, 1.54) is 18.9 Å². The second-order valence-electron chi connectivity index (χ2n) is 9.68. The van der Waals surface area contributed by atoms with Gasteiger partial charge in [-0.3, -0.25) is 4.79 Å². The Morgan fingerprint density at radius 1 is 1.23 bits per heavy atom. The number of carbonyl (C=O) groups is 2.